The second kappa shape index (κ2) is 6.50. The van der Waals surface area contributed by atoms with Gasteiger partial charge in [0, 0.05) is 17.8 Å². The second-order valence-electron chi connectivity index (χ2n) is 5.89. The Labute approximate surface area is 147 Å². The normalized spacial score (nSPS) is 13.6. The molecular formula is C18H20N2O4S. The van der Waals surface area contributed by atoms with E-state index in [-0.39, 0.29) is 10.8 Å². The molecule has 1 aliphatic heterocycles. The van der Waals surface area contributed by atoms with Crippen molar-refractivity contribution in [2.75, 3.05) is 25.6 Å². The van der Waals surface area contributed by atoms with Gasteiger partial charge in [-0.25, -0.2) is 13.1 Å². The van der Waals surface area contributed by atoms with Crippen LogP contribution in [0.25, 0.3) is 0 Å². The van der Waals surface area contributed by atoms with Crippen LogP contribution in [-0.4, -0.2) is 35.0 Å². The Kier molecular flexibility index (Phi) is 4.53. The molecule has 1 aliphatic rings. The number of hydrogen-bond donors (Lipinski definition) is 1. The number of nitrogens with one attached hydrogen (secondary N) is 1. The lowest BCUT2D eigenvalue weighted by Gasteiger charge is -2.18. The second-order valence-corrected chi connectivity index (χ2v) is 7.78. The van der Waals surface area contributed by atoms with Crippen molar-refractivity contribution in [3.05, 3.63) is 53.1 Å². The van der Waals surface area contributed by atoms with Crippen LogP contribution in [0.15, 0.2) is 41.3 Å². The highest BCUT2D eigenvalue weighted by Gasteiger charge is 2.27. The third-order valence-electron chi connectivity index (χ3n) is 4.43. The van der Waals surface area contributed by atoms with E-state index in [9.17, 15) is 13.2 Å². The number of hydrogen-bond acceptors (Lipinski definition) is 4. The van der Waals surface area contributed by atoms with Crippen molar-refractivity contribution in [1.29, 1.82) is 0 Å². The Balaban J connectivity index is 1.94. The Morgan fingerprint density at radius 1 is 1.20 bits per heavy atom. The monoisotopic (exact) mass is 360 g/mol. The van der Waals surface area contributed by atoms with Crippen molar-refractivity contribution in [3.63, 3.8) is 0 Å². The predicted octanol–water partition coefficient (Wildman–Crippen LogP) is 2.11. The number of methoxy groups -OCH3 is 1. The average molecular weight is 360 g/mol. The SMILES string of the molecule is CNS(=O)(=O)c1ccc2c(c1)CCN2C(=O)c1ccc(C)c(OC)c1. The van der Waals surface area contributed by atoms with E-state index < -0.39 is 10.0 Å². The minimum absolute atomic E-state index is 0.124. The molecule has 2 aromatic carbocycles. The topological polar surface area (TPSA) is 75.7 Å². The zero-order valence-electron chi connectivity index (χ0n) is 14.4. The van der Waals surface area contributed by atoms with Gasteiger partial charge in [0.05, 0.1) is 12.0 Å². The Morgan fingerprint density at radius 3 is 2.64 bits per heavy atom. The summed E-state index contributed by atoms with van der Waals surface area (Å²) < 4.78 is 31.5. The van der Waals surface area contributed by atoms with Crippen molar-refractivity contribution in [2.24, 2.45) is 0 Å². The molecule has 0 unspecified atom stereocenters. The third kappa shape index (κ3) is 3.12. The Bertz CT molecular complexity index is 938. The van der Waals surface area contributed by atoms with Crippen LogP contribution in [0.1, 0.15) is 21.5 Å². The number of rotatable bonds is 4. The lowest BCUT2D eigenvalue weighted by molar-refractivity contribution is 0.0989. The highest BCUT2D eigenvalue weighted by atomic mass is 32.2. The number of fused-ring (bicyclic) bond motifs is 1. The molecule has 132 valence electrons. The zero-order chi connectivity index (χ0) is 18.2. The van der Waals surface area contributed by atoms with Crippen LogP contribution in [-0.2, 0) is 16.4 Å². The van der Waals surface area contributed by atoms with Crippen molar-refractivity contribution < 1.29 is 17.9 Å². The molecule has 1 heterocycles. The first-order chi connectivity index (χ1) is 11.9. The van der Waals surface area contributed by atoms with Crippen LogP contribution in [0.4, 0.5) is 5.69 Å². The predicted molar refractivity (Wildman–Crippen MR) is 95.8 cm³/mol. The summed E-state index contributed by atoms with van der Waals surface area (Å²) in [4.78, 5) is 14.8. The van der Waals surface area contributed by atoms with E-state index in [0.717, 1.165) is 16.8 Å². The summed E-state index contributed by atoms with van der Waals surface area (Å²) in [6.45, 7) is 2.44. The molecule has 7 heteroatoms. The standard InChI is InChI=1S/C18H20N2O4S/c1-12-4-5-14(11-17(12)24-3)18(21)20-9-8-13-10-15(6-7-16(13)20)25(22,23)19-2/h4-7,10-11,19H,8-9H2,1-3H3. The Hall–Kier alpha value is -2.38. The molecular weight excluding hydrogens is 340 g/mol. The fourth-order valence-electron chi connectivity index (χ4n) is 2.98. The molecule has 0 aromatic heterocycles. The highest BCUT2D eigenvalue weighted by Crippen LogP contribution is 2.32. The number of benzene rings is 2. The fraction of sp³-hybridized carbons (Fsp3) is 0.278. The largest absolute Gasteiger partial charge is 0.496 e. The molecule has 0 bridgehead atoms. The fourth-order valence-corrected chi connectivity index (χ4v) is 3.76. The van der Waals surface area contributed by atoms with Gasteiger partial charge in [-0.2, -0.15) is 0 Å². The minimum atomic E-state index is -3.49. The van der Waals surface area contributed by atoms with Crippen molar-refractivity contribution in [2.45, 2.75) is 18.2 Å². The first-order valence-electron chi connectivity index (χ1n) is 7.90. The lowest BCUT2D eigenvalue weighted by atomic mass is 10.1. The number of carbonyl (C=O) groups is 1. The van der Waals surface area contributed by atoms with Crippen molar-refractivity contribution in [3.8, 4) is 5.75 Å². The molecule has 2 aromatic rings. The van der Waals surface area contributed by atoms with Gasteiger partial charge < -0.3 is 9.64 Å². The number of nitrogens with zero attached hydrogens (tertiary/aromatic N) is 1. The summed E-state index contributed by atoms with van der Waals surface area (Å²) in [5.41, 5.74) is 3.10. The van der Waals surface area contributed by atoms with Crippen LogP contribution < -0.4 is 14.4 Å². The average Bonchev–Trinajstić information content (AvgIpc) is 3.04. The molecule has 1 N–H and O–H groups in total. The molecule has 0 spiro atoms. The maximum atomic E-state index is 12.9. The molecule has 0 atom stereocenters. The quantitative estimate of drug-likeness (QED) is 0.906. The van der Waals surface area contributed by atoms with Gasteiger partial charge in [0.2, 0.25) is 10.0 Å². The van der Waals surface area contributed by atoms with E-state index >= 15 is 0 Å². The number of amides is 1. The molecule has 0 saturated heterocycles. The van der Waals surface area contributed by atoms with E-state index in [1.807, 2.05) is 13.0 Å². The number of ether oxygens (including phenoxy) is 1. The minimum Gasteiger partial charge on any atom is -0.496 e. The molecule has 6 nitrogen and oxygen atoms in total. The molecule has 0 aliphatic carbocycles. The molecule has 0 saturated carbocycles. The molecule has 25 heavy (non-hydrogen) atoms. The van der Waals surface area contributed by atoms with Gasteiger partial charge in [-0.05, 0) is 61.9 Å². The van der Waals surface area contributed by atoms with Crippen LogP contribution in [0.2, 0.25) is 0 Å². The van der Waals surface area contributed by atoms with Gasteiger partial charge in [-0.1, -0.05) is 6.07 Å². The smallest absolute Gasteiger partial charge is 0.258 e. The van der Waals surface area contributed by atoms with Gasteiger partial charge in [-0.15, -0.1) is 0 Å². The lowest BCUT2D eigenvalue weighted by Crippen LogP contribution is -2.28. The van der Waals surface area contributed by atoms with Crippen molar-refractivity contribution in [1.82, 2.24) is 4.72 Å². The van der Waals surface area contributed by atoms with Crippen molar-refractivity contribution >= 4 is 21.6 Å². The molecule has 0 fully saturated rings. The summed E-state index contributed by atoms with van der Waals surface area (Å²) in [6.07, 6.45) is 0.622. The summed E-state index contributed by atoms with van der Waals surface area (Å²) >= 11 is 0. The van der Waals surface area contributed by atoms with Gasteiger partial charge in [0.15, 0.2) is 0 Å². The van der Waals surface area contributed by atoms with Gasteiger partial charge in [0.25, 0.3) is 5.91 Å². The molecule has 1 amide bonds. The number of carbonyl (C=O) groups excluding carboxylic acids is 1. The zero-order valence-corrected chi connectivity index (χ0v) is 15.2. The van der Waals surface area contributed by atoms with E-state index in [0.29, 0.717) is 24.3 Å². The summed E-state index contributed by atoms with van der Waals surface area (Å²) in [7, 11) is -0.540. The maximum Gasteiger partial charge on any atom is 0.258 e. The van der Waals surface area contributed by atoms with Crippen LogP contribution in [0.3, 0.4) is 0 Å². The summed E-state index contributed by atoms with van der Waals surface area (Å²) in [5.74, 6) is 0.544. The van der Waals surface area contributed by atoms with E-state index in [1.165, 1.54) is 13.1 Å². The van der Waals surface area contributed by atoms with Crippen LogP contribution in [0, 0.1) is 6.92 Å². The summed E-state index contributed by atoms with van der Waals surface area (Å²) in [6, 6.07) is 10.2. The first kappa shape index (κ1) is 17.4. The maximum absolute atomic E-state index is 12.9. The summed E-state index contributed by atoms with van der Waals surface area (Å²) in [5, 5.41) is 0. The number of sulfonamides is 1. The van der Waals surface area contributed by atoms with Gasteiger partial charge in [-0.3, -0.25) is 4.79 Å². The van der Waals surface area contributed by atoms with E-state index in [4.69, 9.17) is 4.74 Å². The van der Waals surface area contributed by atoms with E-state index in [2.05, 4.69) is 4.72 Å². The van der Waals surface area contributed by atoms with Gasteiger partial charge in [0.1, 0.15) is 5.75 Å². The van der Waals surface area contributed by atoms with Crippen LogP contribution >= 0.6 is 0 Å². The molecule has 0 radical (unpaired) electrons. The highest BCUT2D eigenvalue weighted by molar-refractivity contribution is 7.89. The number of anilines is 1. The van der Waals surface area contributed by atoms with E-state index in [1.54, 1.807) is 36.3 Å². The third-order valence-corrected chi connectivity index (χ3v) is 5.84. The first-order valence-corrected chi connectivity index (χ1v) is 9.38. The van der Waals surface area contributed by atoms with Gasteiger partial charge >= 0.3 is 0 Å². The Morgan fingerprint density at radius 2 is 1.96 bits per heavy atom. The van der Waals surface area contributed by atoms with Crippen LogP contribution in [0.5, 0.6) is 5.75 Å². The molecule has 3 rings (SSSR count). The number of aryl methyl sites for hydroxylation is 1.